The first-order chi connectivity index (χ1) is 13.1. The lowest BCUT2D eigenvalue weighted by Gasteiger charge is -2.17. The first-order valence-electron chi connectivity index (χ1n) is 8.57. The lowest BCUT2D eigenvalue weighted by molar-refractivity contribution is 0.0706. The summed E-state index contributed by atoms with van der Waals surface area (Å²) in [4.78, 5) is 23.7. The lowest BCUT2D eigenvalue weighted by Crippen LogP contribution is -2.38. The van der Waals surface area contributed by atoms with E-state index in [1.807, 2.05) is 31.2 Å². The largest absolute Gasteiger partial charge is 0.491 e. The monoisotopic (exact) mass is 368 g/mol. The molecule has 0 aliphatic heterocycles. The Morgan fingerprint density at radius 3 is 2.52 bits per heavy atom. The molecule has 0 fully saturated rings. The van der Waals surface area contributed by atoms with Crippen LogP contribution in [0.3, 0.4) is 0 Å². The fraction of sp³-hybridized carbons (Fsp3) is 0.200. The van der Waals surface area contributed by atoms with Gasteiger partial charge in [0.25, 0.3) is 11.8 Å². The van der Waals surface area contributed by atoms with Crippen LogP contribution in [-0.2, 0) is 0 Å². The van der Waals surface area contributed by atoms with Gasteiger partial charge in [-0.05, 0) is 42.8 Å². The minimum atomic E-state index is -0.592. The van der Waals surface area contributed by atoms with Gasteiger partial charge in [-0.25, -0.2) is 5.48 Å². The van der Waals surface area contributed by atoms with E-state index < -0.39 is 5.91 Å². The number of para-hydroxylation sites is 1. The molecule has 0 saturated heterocycles. The zero-order valence-corrected chi connectivity index (χ0v) is 14.8. The van der Waals surface area contributed by atoms with Crippen molar-refractivity contribution in [1.29, 1.82) is 0 Å². The molecular formula is C20H20N2O5. The summed E-state index contributed by atoms with van der Waals surface area (Å²) in [7, 11) is 0. The molecule has 2 aromatic carbocycles. The van der Waals surface area contributed by atoms with Crippen molar-refractivity contribution in [2.75, 3.05) is 6.61 Å². The number of hydroxylamine groups is 1. The van der Waals surface area contributed by atoms with Gasteiger partial charge in [0.2, 0.25) is 0 Å². The van der Waals surface area contributed by atoms with Crippen molar-refractivity contribution in [3.63, 3.8) is 0 Å². The molecule has 7 heteroatoms. The second kappa shape index (κ2) is 8.37. The number of carbonyl (C=O) groups excluding carboxylic acids is 2. The van der Waals surface area contributed by atoms with Crippen LogP contribution in [0.5, 0.6) is 5.75 Å². The second-order valence-corrected chi connectivity index (χ2v) is 6.00. The molecule has 0 aliphatic carbocycles. The van der Waals surface area contributed by atoms with E-state index in [-0.39, 0.29) is 24.3 Å². The maximum absolute atomic E-state index is 12.4. The highest BCUT2D eigenvalue weighted by Crippen LogP contribution is 2.19. The van der Waals surface area contributed by atoms with Crippen LogP contribution in [0.25, 0.3) is 11.0 Å². The number of rotatable bonds is 7. The van der Waals surface area contributed by atoms with E-state index in [1.165, 1.54) is 12.1 Å². The molecule has 1 atom stereocenters. The van der Waals surface area contributed by atoms with Gasteiger partial charge in [-0.3, -0.25) is 14.8 Å². The average Bonchev–Trinajstić information content (AvgIpc) is 3.15. The minimum absolute atomic E-state index is 0.203. The van der Waals surface area contributed by atoms with Crippen LogP contribution in [-0.4, -0.2) is 29.7 Å². The fourth-order valence-electron chi connectivity index (χ4n) is 2.58. The van der Waals surface area contributed by atoms with Crippen molar-refractivity contribution in [2.45, 2.75) is 19.4 Å². The first kappa shape index (κ1) is 18.5. The molecule has 7 nitrogen and oxygen atoms in total. The molecule has 140 valence electrons. The van der Waals surface area contributed by atoms with Gasteiger partial charge in [-0.15, -0.1) is 0 Å². The van der Waals surface area contributed by atoms with E-state index >= 15 is 0 Å². The van der Waals surface area contributed by atoms with Crippen LogP contribution < -0.4 is 15.5 Å². The predicted octanol–water partition coefficient (Wildman–Crippen LogP) is 3.14. The van der Waals surface area contributed by atoms with E-state index in [0.29, 0.717) is 23.3 Å². The molecule has 1 aromatic heterocycles. The van der Waals surface area contributed by atoms with E-state index in [9.17, 15) is 9.59 Å². The van der Waals surface area contributed by atoms with E-state index in [0.717, 1.165) is 5.39 Å². The minimum Gasteiger partial charge on any atom is -0.491 e. The Hall–Kier alpha value is -3.32. The predicted molar refractivity (Wildman–Crippen MR) is 98.9 cm³/mol. The SMILES string of the molecule is CC[C@@H](COc1ccc(C(=O)NO)cc1)NC(=O)c1cc2ccccc2o1. The van der Waals surface area contributed by atoms with Crippen molar-refractivity contribution >= 4 is 22.8 Å². The van der Waals surface area contributed by atoms with Crippen molar-refractivity contribution < 1.29 is 24.0 Å². The van der Waals surface area contributed by atoms with Gasteiger partial charge in [0, 0.05) is 10.9 Å². The molecule has 3 rings (SSSR count). The van der Waals surface area contributed by atoms with E-state index in [1.54, 1.807) is 23.7 Å². The van der Waals surface area contributed by atoms with Gasteiger partial charge in [-0.1, -0.05) is 25.1 Å². The number of amides is 2. The summed E-state index contributed by atoms with van der Waals surface area (Å²) < 4.78 is 11.3. The summed E-state index contributed by atoms with van der Waals surface area (Å²) in [5.74, 6) is -0.0716. The van der Waals surface area contributed by atoms with Crippen LogP contribution in [0, 0.1) is 0 Å². The standard InChI is InChI=1S/C20H20N2O5/c1-2-15(12-26-16-9-7-13(8-10-16)19(23)22-25)21-20(24)18-11-14-5-3-4-6-17(14)27-18/h3-11,15,25H,2,12H2,1H3,(H,21,24)(H,22,23)/t15-/m0/s1. The van der Waals surface area contributed by atoms with Gasteiger partial charge in [0.15, 0.2) is 5.76 Å². The summed E-state index contributed by atoms with van der Waals surface area (Å²) >= 11 is 0. The topological polar surface area (TPSA) is 101 Å². The highest BCUT2D eigenvalue weighted by Gasteiger charge is 2.17. The Balaban J connectivity index is 1.58. The third kappa shape index (κ3) is 4.45. The van der Waals surface area contributed by atoms with Crippen molar-refractivity contribution in [3.8, 4) is 5.75 Å². The second-order valence-electron chi connectivity index (χ2n) is 6.00. The van der Waals surface area contributed by atoms with Gasteiger partial charge < -0.3 is 14.5 Å². The molecule has 0 bridgehead atoms. The summed E-state index contributed by atoms with van der Waals surface area (Å²) in [5.41, 5.74) is 2.55. The smallest absolute Gasteiger partial charge is 0.287 e. The zero-order valence-electron chi connectivity index (χ0n) is 14.8. The van der Waals surface area contributed by atoms with Crippen LogP contribution in [0.1, 0.15) is 34.3 Å². The van der Waals surface area contributed by atoms with Gasteiger partial charge >= 0.3 is 0 Å². The van der Waals surface area contributed by atoms with Crippen LogP contribution in [0.15, 0.2) is 59.0 Å². The first-order valence-corrected chi connectivity index (χ1v) is 8.57. The summed E-state index contributed by atoms with van der Waals surface area (Å²) in [6.07, 6.45) is 0.678. The third-order valence-electron chi connectivity index (χ3n) is 4.15. The number of carbonyl (C=O) groups is 2. The molecule has 2 amide bonds. The Kier molecular flexibility index (Phi) is 5.73. The van der Waals surface area contributed by atoms with Gasteiger partial charge in [0.1, 0.15) is 17.9 Å². The third-order valence-corrected chi connectivity index (χ3v) is 4.15. The summed E-state index contributed by atoms with van der Waals surface area (Å²) in [6.45, 7) is 2.22. The summed E-state index contributed by atoms with van der Waals surface area (Å²) in [5, 5.41) is 12.4. The number of nitrogens with one attached hydrogen (secondary N) is 2. The van der Waals surface area contributed by atoms with Crippen LogP contribution >= 0.6 is 0 Å². The normalized spacial score (nSPS) is 11.8. The van der Waals surface area contributed by atoms with E-state index in [2.05, 4.69) is 5.32 Å². The molecule has 0 radical (unpaired) electrons. The highest BCUT2D eigenvalue weighted by atomic mass is 16.5. The molecule has 3 aromatic rings. The van der Waals surface area contributed by atoms with Crippen molar-refractivity contribution in [3.05, 3.63) is 65.9 Å². The zero-order chi connectivity index (χ0) is 19.2. The molecule has 1 heterocycles. The molecule has 0 aliphatic rings. The molecule has 0 spiro atoms. The molecule has 3 N–H and O–H groups in total. The molecule has 0 saturated carbocycles. The maximum atomic E-state index is 12.4. The maximum Gasteiger partial charge on any atom is 0.287 e. The highest BCUT2D eigenvalue weighted by molar-refractivity contribution is 5.96. The quantitative estimate of drug-likeness (QED) is 0.439. The Morgan fingerprint density at radius 2 is 1.85 bits per heavy atom. The number of benzene rings is 2. The lowest BCUT2D eigenvalue weighted by atomic mass is 10.2. The van der Waals surface area contributed by atoms with Crippen LogP contribution in [0.4, 0.5) is 0 Å². The van der Waals surface area contributed by atoms with Crippen LogP contribution in [0.2, 0.25) is 0 Å². The van der Waals surface area contributed by atoms with Crippen molar-refractivity contribution in [1.82, 2.24) is 10.8 Å². The Labute approximate surface area is 155 Å². The average molecular weight is 368 g/mol. The molecule has 27 heavy (non-hydrogen) atoms. The van der Waals surface area contributed by atoms with E-state index in [4.69, 9.17) is 14.4 Å². The number of hydrogen-bond donors (Lipinski definition) is 3. The number of fused-ring (bicyclic) bond motifs is 1. The molecule has 0 unspecified atom stereocenters. The fourth-order valence-corrected chi connectivity index (χ4v) is 2.58. The van der Waals surface area contributed by atoms with Gasteiger partial charge in [0.05, 0.1) is 6.04 Å². The number of hydrogen-bond acceptors (Lipinski definition) is 5. The van der Waals surface area contributed by atoms with Crippen molar-refractivity contribution in [2.24, 2.45) is 0 Å². The number of ether oxygens (including phenoxy) is 1. The Bertz CT molecular complexity index is 900. The summed E-state index contributed by atoms with van der Waals surface area (Å²) in [6, 6.07) is 15.3. The van der Waals surface area contributed by atoms with Gasteiger partial charge in [-0.2, -0.15) is 0 Å². The Morgan fingerprint density at radius 1 is 1.11 bits per heavy atom. The molecular weight excluding hydrogens is 348 g/mol. The number of furan rings is 1.